The van der Waals surface area contributed by atoms with Crippen molar-refractivity contribution in [3.63, 3.8) is 0 Å². The molecule has 0 amide bonds. The third-order valence-electron chi connectivity index (χ3n) is 0.440. The van der Waals surface area contributed by atoms with E-state index in [4.69, 9.17) is 11.6 Å². The van der Waals surface area contributed by atoms with Crippen molar-refractivity contribution in [3.05, 3.63) is 0 Å². The van der Waals surface area contributed by atoms with Gasteiger partial charge in [-0.25, -0.2) is 0 Å². The molecule has 0 aromatic rings. The molecule has 1 atom stereocenters. The van der Waals surface area contributed by atoms with Crippen LogP contribution in [-0.4, -0.2) is 12.6 Å². The van der Waals surface area contributed by atoms with Gasteiger partial charge in [0.25, 0.3) is 0 Å². The van der Waals surface area contributed by atoms with Gasteiger partial charge in [-0.2, -0.15) is 0 Å². The Bertz CT molecular complexity index is 27.2. The van der Waals surface area contributed by atoms with Gasteiger partial charge < -0.3 is 5.73 Å². The van der Waals surface area contributed by atoms with Crippen LogP contribution in [0.2, 0.25) is 0 Å². The summed E-state index contributed by atoms with van der Waals surface area (Å²) >= 11 is 0. The van der Waals surface area contributed by atoms with Crippen molar-refractivity contribution in [1.29, 1.82) is 0 Å². The number of rotatable bonds is 2. The fourth-order valence-electron chi connectivity index (χ4n) is 0.186. The predicted octanol–water partition coefficient (Wildman–Crippen LogP) is -1.20. The number of nitrogens with two attached hydrogens (primary N) is 2. The summed E-state index contributed by atoms with van der Waals surface area (Å²) in [7, 11) is 0. The van der Waals surface area contributed by atoms with Gasteiger partial charge in [0, 0.05) is 12.6 Å². The molecule has 0 aromatic heterocycles. The van der Waals surface area contributed by atoms with E-state index in [9.17, 15) is 0 Å². The summed E-state index contributed by atoms with van der Waals surface area (Å²) in [5, 5.41) is 0. The maximum absolute atomic E-state index is 5.26. The number of hydrogen-bond acceptors (Lipinski definition) is 3. The summed E-state index contributed by atoms with van der Waals surface area (Å²) in [5.74, 6) is 4.90. The van der Waals surface area contributed by atoms with Gasteiger partial charge >= 0.3 is 0 Å². The Morgan fingerprint density at radius 2 is 2.33 bits per heavy atom. The van der Waals surface area contributed by atoms with E-state index in [0.717, 1.165) is 0 Å². The molecule has 0 heterocycles. The molecule has 3 nitrogen and oxygen atoms in total. The molecule has 5 N–H and O–H groups in total. The average molecular weight is 89.1 g/mol. The van der Waals surface area contributed by atoms with Crippen LogP contribution < -0.4 is 17.0 Å². The summed E-state index contributed by atoms with van der Waals surface area (Å²) < 4.78 is 0. The highest BCUT2D eigenvalue weighted by Gasteiger charge is 1.84. The maximum atomic E-state index is 5.26. The van der Waals surface area contributed by atoms with Crippen LogP contribution in [0.3, 0.4) is 0 Å². The van der Waals surface area contributed by atoms with Crippen LogP contribution in [0.1, 0.15) is 6.92 Å². The normalized spacial score (nSPS) is 14.5. The number of hydrogen-bond donors (Lipinski definition) is 3. The molecule has 0 aliphatic heterocycles. The molecule has 0 saturated carbocycles. The molecule has 0 unspecified atom stereocenters. The highest BCUT2D eigenvalue weighted by Crippen LogP contribution is 1.62. The quantitative estimate of drug-likeness (QED) is 0.294. The highest BCUT2D eigenvalue weighted by molar-refractivity contribution is 4.50. The third kappa shape index (κ3) is 3.88. The lowest BCUT2D eigenvalue weighted by Gasteiger charge is -1.98. The van der Waals surface area contributed by atoms with Crippen LogP contribution in [0.15, 0.2) is 0 Å². The summed E-state index contributed by atoms with van der Waals surface area (Å²) in [6, 6.07) is 0.162. The van der Waals surface area contributed by atoms with Gasteiger partial charge in [0.1, 0.15) is 0 Å². The van der Waals surface area contributed by atoms with Crippen LogP contribution in [0, 0.1) is 0 Å². The van der Waals surface area contributed by atoms with E-state index in [0.29, 0.717) is 6.54 Å². The summed E-state index contributed by atoms with van der Waals surface area (Å²) in [6.07, 6.45) is 0. The first kappa shape index (κ1) is 5.88. The molecule has 0 aliphatic rings. The molecule has 0 aromatic carbocycles. The number of hydrazine groups is 1. The largest absolute Gasteiger partial charge is 0.327 e. The average Bonchev–Trinajstić information content (AvgIpc) is 1.35. The summed E-state index contributed by atoms with van der Waals surface area (Å²) in [5.41, 5.74) is 7.70. The Kier molecular flexibility index (Phi) is 3.02. The molecule has 38 valence electrons. The van der Waals surface area contributed by atoms with Crippen LogP contribution in [0.25, 0.3) is 0 Å². The van der Waals surface area contributed by atoms with E-state index in [2.05, 4.69) is 5.43 Å². The Morgan fingerprint density at radius 3 is 2.33 bits per heavy atom. The molecular formula is C3H11N3. The monoisotopic (exact) mass is 89.1 g/mol. The Hall–Kier alpha value is -0.120. The van der Waals surface area contributed by atoms with Crippen LogP contribution in [-0.2, 0) is 0 Å². The van der Waals surface area contributed by atoms with Crippen molar-refractivity contribution >= 4 is 0 Å². The fourth-order valence-corrected chi connectivity index (χ4v) is 0.186. The van der Waals surface area contributed by atoms with Crippen molar-refractivity contribution < 1.29 is 0 Å². The zero-order valence-electron chi connectivity index (χ0n) is 3.94. The zero-order chi connectivity index (χ0) is 4.99. The van der Waals surface area contributed by atoms with E-state index in [1.165, 1.54) is 0 Å². The Morgan fingerprint density at radius 1 is 1.83 bits per heavy atom. The second-order valence-corrected chi connectivity index (χ2v) is 1.39. The van der Waals surface area contributed by atoms with Crippen LogP contribution in [0.5, 0.6) is 0 Å². The van der Waals surface area contributed by atoms with E-state index in [-0.39, 0.29) is 6.04 Å². The summed E-state index contributed by atoms with van der Waals surface area (Å²) in [6.45, 7) is 2.57. The lowest BCUT2D eigenvalue weighted by molar-refractivity contribution is 0.631. The zero-order valence-corrected chi connectivity index (χ0v) is 3.94. The molecule has 0 fully saturated rings. The molecule has 0 spiro atoms. The Labute approximate surface area is 37.7 Å². The minimum atomic E-state index is 0.162. The lowest BCUT2D eigenvalue weighted by Crippen LogP contribution is -2.35. The molecule has 0 radical (unpaired) electrons. The minimum absolute atomic E-state index is 0.162. The van der Waals surface area contributed by atoms with Crippen LogP contribution >= 0.6 is 0 Å². The van der Waals surface area contributed by atoms with Crippen molar-refractivity contribution in [2.75, 3.05) is 6.54 Å². The number of nitrogens with one attached hydrogen (secondary N) is 1. The Balaban J connectivity index is 2.63. The molecule has 0 saturated heterocycles. The molecule has 3 heteroatoms. The predicted molar refractivity (Wildman–Crippen MR) is 25.8 cm³/mol. The van der Waals surface area contributed by atoms with Gasteiger partial charge in [-0.15, -0.1) is 0 Å². The smallest absolute Gasteiger partial charge is 0.0247 e. The maximum Gasteiger partial charge on any atom is 0.0247 e. The SMILES string of the molecule is C[C@@H](N)CNN. The molecule has 6 heavy (non-hydrogen) atoms. The molecular weight excluding hydrogens is 78.1 g/mol. The second kappa shape index (κ2) is 3.08. The van der Waals surface area contributed by atoms with Gasteiger partial charge in [0.15, 0.2) is 0 Å². The van der Waals surface area contributed by atoms with E-state index in [1.54, 1.807) is 0 Å². The first-order chi connectivity index (χ1) is 2.77. The van der Waals surface area contributed by atoms with Gasteiger partial charge in [-0.05, 0) is 6.92 Å². The first-order valence-corrected chi connectivity index (χ1v) is 1.96. The van der Waals surface area contributed by atoms with E-state index >= 15 is 0 Å². The van der Waals surface area contributed by atoms with Gasteiger partial charge in [-0.3, -0.25) is 11.3 Å². The highest BCUT2D eigenvalue weighted by atomic mass is 15.2. The second-order valence-electron chi connectivity index (χ2n) is 1.39. The third-order valence-corrected chi connectivity index (χ3v) is 0.440. The molecule has 0 rings (SSSR count). The minimum Gasteiger partial charge on any atom is -0.327 e. The summed E-state index contributed by atoms with van der Waals surface area (Å²) in [4.78, 5) is 0. The van der Waals surface area contributed by atoms with Crippen molar-refractivity contribution in [2.45, 2.75) is 13.0 Å². The van der Waals surface area contributed by atoms with Crippen molar-refractivity contribution in [1.82, 2.24) is 5.43 Å². The first-order valence-electron chi connectivity index (χ1n) is 1.96. The van der Waals surface area contributed by atoms with Gasteiger partial charge in [0.2, 0.25) is 0 Å². The topological polar surface area (TPSA) is 64.1 Å². The standard InChI is InChI=1S/C3H11N3/c1-3(4)2-6-5/h3,6H,2,4-5H2,1H3/t3-/m1/s1. The van der Waals surface area contributed by atoms with E-state index < -0.39 is 0 Å². The lowest BCUT2D eigenvalue weighted by atomic mass is 10.4. The molecule has 0 aliphatic carbocycles. The van der Waals surface area contributed by atoms with Crippen LogP contribution in [0.4, 0.5) is 0 Å². The van der Waals surface area contributed by atoms with Crippen molar-refractivity contribution in [3.8, 4) is 0 Å². The fraction of sp³-hybridized carbons (Fsp3) is 1.00. The van der Waals surface area contributed by atoms with Crippen molar-refractivity contribution in [2.24, 2.45) is 11.6 Å². The van der Waals surface area contributed by atoms with E-state index in [1.807, 2.05) is 6.92 Å². The van der Waals surface area contributed by atoms with Gasteiger partial charge in [-0.1, -0.05) is 0 Å². The molecule has 0 bridgehead atoms. The van der Waals surface area contributed by atoms with Gasteiger partial charge in [0.05, 0.1) is 0 Å².